The fraction of sp³-hybridized carbons (Fsp3) is 0.200. The highest BCUT2D eigenvalue weighted by atomic mass is 16.5. The lowest BCUT2D eigenvalue weighted by atomic mass is 9.99. The summed E-state index contributed by atoms with van der Waals surface area (Å²) >= 11 is 0. The number of ether oxygens (including phenoxy) is 1. The second-order valence-electron chi connectivity index (χ2n) is 6.15. The number of carbonyl (C=O) groups is 1. The molecule has 0 saturated heterocycles. The maximum atomic E-state index is 12.1. The standard InChI is InChI=1S/C20H20N2O3/c1-13(2)17-11-19(23)22-18-10-14(8-9-16(17)18)21-20(24)12-25-15-6-4-3-5-7-15/h3-11,13H,12H2,1-2H3,(H,21,24)(H,22,23). The smallest absolute Gasteiger partial charge is 0.262 e. The van der Waals surface area contributed by atoms with E-state index in [-0.39, 0.29) is 24.0 Å². The summed E-state index contributed by atoms with van der Waals surface area (Å²) in [4.78, 5) is 26.7. The molecule has 1 amide bonds. The normalized spacial score (nSPS) is 10.8. The zero-order valence-electron chi connectivity index (χ0n) is 14.2. The van der Waals surface area contributed by atoms with E-state index in [1.54, 1.807) is 24.3 Å². The van der Waals surface area contributed by atoms with Crippen molar-refractivity contribution in [3.05, 3.63) is 70.5 Å². The number of carbonyl (C=O) groups excluding carboxylic acids is 1. The van der Waals surface area contributed by atoms with Gasteiger partial charge in [-0.05, 0) is 35.7 Å². The number of benzene rings is 2. The number of para-hydroxylation sites is 1. The monoisotopic (exact) mass is 336 g/mol. The molecule has 3 rings (SSSR count). The van der Waals surface area contributed by atoms with E-state index < -0.39 is 0 Å². The van der Waals surface area contributed by atoms with Crippen molar-refractivity contribution in [1.82, 2.24) is 4.98 Å². The van der Waals surface area contributed by atoms with Gasteiger partial charge in [0.2, 0.25) is 5.56 Å². The van der Waals surface area contributed by atoms with Crippen LogP contribution in [0, 0.1) is 0 Å². The summed E-state index contributed by atoms with van der Waals surface area (Å²) in [6, 6.07) is 16.3. The maximum absolute atomic E-state index is 12.1. The Bertz CT molecular complexity index is 946. The minimum Gasteiger partial charge on any atom is -0.484 e. The Morgan fingerprint density at radius 1 is 1.12 bits per heavy atom. The Morgan fingerprint density at radius 3 is 2.60 bits per heavy atom. The number of hydrogen-bond acceptors (Lipinski definition) is 3. The molecular formula is C20H20N2O3. The van der Waals surface area contributed by atoms with Crippen molar-refractivity contribution in [2.24, 2.45) is 0 Å². The van der Waals surface area contributed by atoms with Gasteiger partial charge >= 0.3 is 0 Å². The number of amides is 1. The molecule has 0 radical (unpaired) electrons. The number of anilines is 1. The lowest BCUT2D eigenvalue weighted by molar-refractivity contribution is -0.118. The highest BCUT2D eigenvalue weighted by Crippen LogP contribution is 2.24. The van der Waals surface area contributed by atoms with Crippen LogP contribution >= 0.6 is 0 Å². The molecular weight excluding hydrogens is 316 g/mol. The number of fused-ring (bicyclic) bond motifs is 1. The first-order chi connectivity index (χ1) is 12.0. The van der Waals surface area contributed by atoms with E-state index in [9.17, 15) is 9.59 Å². The summed E-state index contributed by atoms with van der Waals surface area (Å²) in [5.41, 5.74) is 2.17. The number of H-pyrrole nitrogens is 1. The van der Waals surface area contributed by atoms with Crippen molar-refractivity contribution in [3.8, 4) is 5.75 Å². The van der Waals surface area contributed by atoms with Gasteiger partial charge in [-0.25, -0.2) is 0 Å². The molecule has 2 N–H and O–H groups in total. The van der Waals surface area contributed by atoms with Gasteiger partial charge in [-0.15, -0.1) is 0 Å². The van der Waals surface area contributed by atoms with Crippen LogP contribution in [0.3, 0.4) is 0 Å². The van der Waals surface area contributed by atoms with Crippen LogP contribution in [0.5, 0.6) is 5.75 Å². The van der Waals surface area contributed by atoms with Gasteiger partial charge < -0.3 is 15.0 Å². The summed E-state index contributed by atoms with van der Waals surface area (Å²) in [6.07, 6.45) is 0. The molecule has 128 valence electrons. The number of pyridine rings is 1. The van der Waals surface area contributed by atoms with Crippen LogP contribution in [0.2, 0.25) is 0 Å². The minimum atomic E-state index is -0.259. The van der Waals surface area contributed by atoms with E-state index >= 15 is 0 Å². The molecule has 0 fully saturated rings. The third-order valence-corrected chi connectivity index (χ3v) is 3.89. The molecule has 0 unspecified atom stereocenters. The maximum Gasteiger partial charge on any atom is 0.262 e. The van der Waals surface area contributed by atoms with Gasteiger partial charge in [0.1, 0.15) is 5.75 Å². The molecule has 0 spiro atoms. The Hall–Kier alpha value is -3.08. The van der Waals surface area contributed by atoms with Gasteiger partial charge in [-0.1, -0.05) is 38.1 Å². The van der Waals surface area contributed by atoms with E-state index in [1.165, 1.54) is 0 Å². The number of aromatic amines is 1. The first-order valence-electron chi connectivity index (χ1n) is 8.17. The molecule has 5 heteroatoms. The lowest BCUT2D eigenvalue weighted by Crippen LogP contribution is -2.20. The molecule has 0 bridgehead atoms. The quantitative estimate of drug-likeness (QED) is 0.747. The minimum absolute atomic E-state index is 0.0788. The molecule has 25 heavy (non-hydrogen) atoms. The predicted molar refractivity (Wildman–Crippen MR) is 99.2 cm³/mol. The molecule has 0 aliphatic rings. The zero-order chi connectivity index (χ0) is 17.8. The van der Waals surface area contributed by atoms with Crippen molar-refractivity contribution in [1.29, 1.82) is 0 Å². The van der Waals surface area contributed by atoms with Gasteiger partial charge in [-0.2, -0.15) is 0 Å². The van der Waals surface area contributed by atoms with Crippen molar-refractivity contribution < 1.29 is 9.53 Å². The molecule has 1 aromatic heterocycles. The highest BCUT2D eigenvalue weighted by molar-refractivity contribution is 5.95. The van der Waals surface area contributed by atoms with Crippen LogP contribution in [-0.4, -0.2) is 17.5 Å². The van der Waals surface area contributed by atoms with Crippen molar-refractivity contribution in [2.75, 3.05) is 11.9 Å². The van der Waals surface area contributed by atoms with Crippen molar-refractivity contribution in [3.63, 3.8) is 0 Å². The fourth-order valence-electron chi connectivity index (χ4n) is 2.71. The molecule has 0 atom stereocenters. The Morgan fingerprint density at radius 2 is 1.88 bits per heavy atom. The van der Waals surface area contributed by atoms with Crippen LogP contribution in [0.4, 0.5) is 5.69 Å². The second kappa shape index (κ2) is 7.21. The summed E-state index contributed by atoms with van der Waals surface area (Å²) in [5, 5.41) is 3.77. The van der Waals surface area contributed by atoms with E-state index in [2.05, 4.69) is 10.3 Å². The first kappa shape index (κ1) is 16.8. The van der Waals surface area contributed by atoms with Gasteiger partial charge in [0.05, 0.1) is 5.52 Å². The van der Waals surface area contributed by atoms with Crippen molar-refractivity contribution >= 4 is 22.5 Å². The Labute approximate surface area is 145 Å². The zero-order valence-corrected chi connectivity index (χ0v) is 14.2. The average molecular weight is 336 g/mol. The average Bonchev–Trinajstić information content (AvgIpc) is 2.59. The number of hydrogen-bond donors (Lipinski definition) is 2. The summed E-state index contributed by atoms with van der Waals surface area (Å²) in [7, 11) is 0. The number of aromatic nitrogens is 1. The largest absolute Gasteiger partial charge is 0.484 e. The van der Waals surface area contributed by atoms with Gasteiger partial charge in [0.15, 0.2) is 6.61 Å². The van der Waals surface area contributed by atoms with Crippen LogP contribution in [0.1, 0.15) is 25.3 Å². The summed E-state index contributed by atoms with van der Waals surface area (Å²) in [5.74, 6) is 0.622. The Kier molecular flexibility index (Phi) is 4.84. The van der Waals surface area contributed by atoms with Gasteiger partial charge in [0.25, 0.3) is 5.91 Å². The van der Waals surface area contributed by atoms with Gasteiger partial charge in [0, 0.05) is 17.1 Å². The van der Waals surface area contributed by atoms with E-state index in [1.807, 2.05) is 44.2 Å². The van der Waals surface area contributed by atoms with Crippen LogP contribution < -0.4 is 15.6 Å². The van der Waals surface area contributed by atoms with Crippen molar-refractivity contribution in [2.45, 2.75) is 19.8 Å². The first-order valence-corrected chi connectivity index (χ1v) is 8.17. The SMILES string of the molecule is CC(C)c1cc(=O)[nH]c2cc(NC(=O)COc3ccccc3)ccc12. The molecule has 0 aliphatic carbocycles. The van der Waals surface area contributed by atoms with E-state index in [0.29, 0.717) is 17.0 Å². The van der Waals surface area contributed by atoms with Crippen LogP contribution in [0.15, 0.2) is 59.4 Å². The molecule has 1 heterocycles. The van der Waals surface area contributed by atoms with Crippen LogP contribution in [0.25, 0.3) is 10.9 Å². The molecule has 0 aliphatic heterocycles. The topological polar surface area (TPSA) is 71.2 Å². The van der Waals surface area contributed by atoms with E-state index in [0.717, 1.165) is 10.9 Å². The molecule has 3 aromatic rings. The van der Waals surface area contributed by atoms with Gasteiger partial charge in [-0.3, -0.25) is 9.59 Å². The second-order valence-corrected chi connectivity index (χ2v) is 6.15. The molecule has 0 saturated carbocycles. The summed E-state index contributed by atoms with van der Waals surface area (Å²) in [6.45, 7) is 4.01. The Balaban J connectivity index is 1.75. The highest BCUT2D eigenvalue weighted by Gasteiger charge is 2.09. The summed E-state index contributed by atoms with van der Waals surface area (Å²) < 4.78 is 5.43. The fourth-order valence-corrected chi connectivity index (χ4v) is 2.71. The van der Waals surface area contributed by atoms with E-state index in [4.69, 9.17) is 4.74 Å². The lowest BCUT2D eigenvalue weighted by Gasteiger charge is -2.11. The molecule has 5 nitrogen and oxygen atoms in total. The van der Waals surface area contributed by atoms with Crippen LogP contribution in [-0.2, 0) is 4.79 Å². The number of rotatable bonds is 5. The molecule has 2 aromatic carbocycles. The number of nitrogens with one attached hydrogen (secondary N) is 2. The third-order valence-electron chi connectivity index (χ3n) is 3.89. The third kappa shape index (κ3) is 4.07. The predicted octanol–water partition coefficient (Wildman–Crippen LogP) is 3.67.